The first-order valence-electron chi connectivity index (χ1n) is 4.53. The molecule has 2 rings (SSSR count). The Kier molecular flexibility index (Phi) is 2.89. The highest BCUT2D eigenvalue weighted by Gasteiger charge is 2.13. The van der Waals surface area contributed by atoms with E-state index in [0.29, 0.717) is 18.5 Å². The van der Waals surface area contributed by atoms with Gasteiger partial charge in [-0.25, -0.2) is 0 Å². The van der Waals surface area contributed by atoms with Crippen molar-refractivity contribution in [1.29, 1.82) is 0 Å². The topological polar surface area (TPSA) is 60.2 Å². The van der Waals surface area contributed by atoms with Crippen molar-refractivity contribution in [2.75, 3.05) is 13.1 Å². The molecular weight excluding hydrogens is 170 g/mol. The van der Waals surface area contributed by atoms with Crippen LogP contribution >= 0.6 is 0 Å². The van der Waals surface area contributed by atoms with E-state index in [2.05, 4.69) is 20.0 Å². The van der Waals surface area contributed by atoms with Gasteiger partial charge in [-0.1, -0.05) is 5.16 Å². The largest absolute Gasteiger partial charge is 0.369 e. The molecule has 72 valence electrons. The van der Waals surface area contributed by atoms with Gasteiger partial charge in [0, 0.05) is 6.54 Å². The van der Waals surface area contributed by atoms with Gasteiger partial charge >= 0.3 is 0 Å². The van der Waals surface area contributed by atoms with Gasteiger partial charge in [0.15, 0.2) is 5.82 Å². The molecule has 1 saturated heterocycles. The molecule has 0 aliphatic carbocycles. The lowest BCUT2D eigenvalue weighted by Gasteiger charge is -2.22. The Bertz CT molecular complexity index is 232. The molecule has 0 aromatic carbocycles. The highest BCUT2D eigenvalue weighted by atomic mass is 16.5. The lowest BCUT2D eigenvalue weighted by atomic mass is 10.1. The standard InChI is InChI=1S/C8H13N3O2/c1-2-7(4-9-3-1)12-5-8-10-6-13-11-8/h6-7,9H,1-5H2/t7-/m0/s1. The summed E-state index contributed by atoms with van der Waals surface area (Å²) in [4.78, 5) is 3.88. The summed E-state index contributed by atoms with van der Waals surface area (Å²) in [7, 11) is 0. The second kappa shape index (κ2) is 4.34. The molecule has 0 radical (unpaired) electrons. The summed E-state index contributed by atoms with van der Waals surface area (Å²) in [5.41, 5.74) is 0. The van der Waals surface area contributed by atoms with Crippen LogP contribution in [0, 0.1) is 0 Å². The predicted octanol–water partition coefficient (Wildman–Crippen LogP) is 0.338. The van der Waals surface area contributed by atoms with Gasteiger partial charge in [-0.05, 0) is 19.4 Å². The Balaban J connectivity index is 1.72. The van der Waals surface area contributed by atoms with E-state index in [1.54, 1.807) is 0 Å². The Morgan fingerprint density at radius 2 is 2.69 bits per heavy atom. The minimum atomic E-state index is 0.298. The third-order valence-electron chi connectivity index (χ3n) is 2.11. The molecule has 1 aromatic rings. The smallest absolute Gasteiger partial charge is 0.213 e. The summed E-state index contributed by atoms with van der Waals surface area (Å²) in [6.07, 6.45) is 3.91. The van der Waals surface area contributed by atoms with E-state index >= 15 is 0 Å². The van der Waals surface area contributed by atoms with E-state index in [4.69, 9.17) is 4.74 Å². The third-order valence-corrected chi connectivity index (χ3v) is 2.11. The number of rotatable bonds is 3. The average molecular weight is 183 g/mol. The molecule has 0 saturated carbocycles. The van der Waals surface area contributed by atoms with Crippen LogP contribution in [0.25, 0.3) is 0 Å². The molecule has 0 spiro atoms. The van der Waals surface area contributed by atoms with Crippen LogP contribution in [-0.4, -0.2) is 29.3 Å². The average Bonchev–Trinajstić information content (AvgIpc) is 2.69. The van der Waals surface area contributed by atoms with Gasteiger partial charge in [-0.2, -0.15) is 4.98 Å². The van der Waals surface area contributed by atoms with Gasteiger partial charge < -0.3 is 14.6 Å². The van der Waals surface area contributed by atoms with Crippen LogP contribution in [0.15, 0.2) is 10.9 Å². The molecule has 13 heavy (non-hydrogen) atoms. The summed E-state index contributed by atoms with van der Waals surface area (Å²) >= 11 is 0. The van der Waals surface area contributed by atoms with E-state index in [-0.39, 0.29) is 0 Å². The zero-order chi connectivity index (χ0) is 8.93. The number of ether oxygens (including phenoxy) is 1. The zero-order valence-corrected chi connectivity index (χ0v) is 7.40. The number of nitrogens with one attached hydrogen (secondary N) is 1. The zero-order valence-electron chi connectivity index (χ0n) is 7.40. The van der Waals surface area contributed by atoms with Crippen molar-refractivity contribution in [1.82, 2.24) is 15.5 Å². The Hall–Kier alpha value is -0.940. The van der Waals surface area contributed by atoms with Crippen LogP contribution < -0.4 is 5.32 Å². The minimum absolute atomic E-state index is 0.298. The van der Waals surface area contributed by atoms with Crippen LogP contribution in [-0.2, 0) is 11.3 Å². The minimum Gasteiger partial charge on any atom is -0.369 e. The fraction of sp³-hybridized carbons (Fsp3) is 0.750. The monoisotopic (exact) mass is 183 g/mol. The van der Waals surface area contributed by atoms with Gasteiger partial charge in [-0.3, -0.25) is 0 Å². The number of hydrogen-bond acceptors (Lipinski definition) is 5. The summed E-state index contributed by atoms with van der Waals surface area (Å²) < 4.78 is 10.2. The number of aromatic nitrogens is 2. The van der Waals surface area contributed by atoms with Gasteiger partial charge in [0.1, 0.15) is 6.61 Å². The van der Waals surface area contributed by atoms with Gasteiger partial charge in [0.2, 0.25) is 6.39 Å². The summed E-state index contributed by atoms with van der Waals surface area (Å²) in [5.74, 6) is 0.616. The fourth-order valence-corrected chi connectivity index (χ4v) is 1.41. The lowest BCUT2D eigenvalue weighted by molar-refractivity contribution is 0.0210. The van der Waals surface area contributed by atoms with Crippen molar-refractivity contribution in [2.45, 2.75) is 25.6 Å². The van der Waals surface area contributed by atoms with Crippen molar-refractivity contribution in [3.05, 3.63) is 12.2 Å². The summed E-state index contributed by atoms with van der Waals surface area (Å²) in [6.45, 7) is 2.47. The van der Waals surface area contributed by atoms with Crippen LogP contribution in [0.5, 0.6) is 0 Å². The third kappa shape index (κ3) is 2.50. The van der Waals surface area contributed by atoms with E-state index < -0.39 is 0 Å². The molecule has 2 heterocycles. The number of nitrogens with zero attached hydrogens (tertiary/aromatic N) is 2. The Morgan fingerprint density at radius 3 is 3.38 bits per heavy atom. The van der Waals surface area contributed by atoms with Gasteiger partial charge in [-0.15, -0.1) is 0 Å². The van der Waals surface area contributed by atoms with Crippen molar-refractivity contribution in [2.24, 2.45) is 0 Å². The normalized spacial score (nSPS) is 23.2. The van der Waals surface area contributed by atoms with Crippen molar-refractivity contribution in [3.63, 3.8) is 0 Å². The van der Waals surface area contributed by atoms with Crippen LogP contribution in [0.2, 0.25) is 0 Å². The molecule has 0 bridgehead atoms. The molecule has 1 aromatic heterocycles. The highest BCUT2D eigenvalue weighted by Crippen LogP contribution is 2.07. The molecule has 1 atom stereocenters. The van der Waals surface area contributed by atoms with Crippen molar-refractivity contribution >= 4 is 0 Å². The highest BCUT2D eigenvalue weighted by molar-refractivity contribution is 4.75. The predicted molar refractivity (Wildman–Crippen MR) is 45.0 cm³/mol. The van der Waals surface area contributed by atoms with Crippen molar-refractivity contribution in [3.8, 4) is 0 Å². The molecule has 1 fully saturated rings. The summed E-state index contributed by atoms with van der Waals surface area (Å²) in [6, 6.07) is 0. The lowest BCUT2D eigenvalue weighted by Crippen LogP contribution is -2.35. The molecule has 0 amide bonds. The quantitative estimate of drug-likeness (QED) is 0.732. The van der Waals surface area contributed by atoms with Crippen LogP contribution in [0.1, 0.15) is 18.7 Å². The van der Waals surface area contributed by atoms with E-state index in [1.807, 2.05) is 0 Å². The maximum atomic E-state index is 5.58. The second-order valence-corrected chi connectivity index (χ2v) is 3.13. The van der Waals surface area contributed by atoms with Crippen molar-refractivity contribution < 1.29 is 9.26 Å². The molecule has 0 unspecified atom stereocenters. The number of hydrogen-bond donors (Lipinski definition) is 1. The first-order valence-corrected chi connectivity index (χ1v) is 4.53. The maximum Gasteiger partial charge on any atom is 0.213 e. The molecule has 5 nitrogen and oxygen atoms in total. The first-order chi connectivity index (χ1) is 6.45. The maximum absolute atomic E-state index is 5.58. The van der Waals surface area contributed by atoms with E-state index in [9.17, 15) is 0 Å². The second-order valence-electron chi connectivity index (χ2n) is 3.13. The van der Waals surface area contributed by atoms with E-state index in [0.717, 1.165) is 19.5 Å². The molecule has 1 aliphatic rings. The molecule has 1 N–H and O–H groups in total. The van der Waals surface area contributed by atoms with E-state index in [1.165, 1.54) is 12.8 Å². The number of piperidine rings is 1. The molecule has 1 aliphatic heterocycles. The fourth-order valence-electron chi connectivity index (χ4n) is 1.41. The Morgan fingerprint density at radius 1 is 1.69 bits per heavy atom. The van der Waals surface area contributed by atoms with Gasteiger partial charge in [0.05, 0.1) is 6.10 Å². The van der Waals surface area contributed by atoms with Crippen LogP contribution in [0.3, 0.4) is 0 Å². The molecule has 5 heteroatoms. The SMILES string of the molecule is c1nc(CO[C@H]2CCCNC2)no1. The van der Waals surface area contributed by atoms with Gasteiger partial charge in [0.25, 0.3) is 0 Å². The first kappa shape index (κ1) is 8.65. The molecular formula is C8H13N3O2. The van der Waals surface area contributed by atoms with Crippen LogP contribution in [0.4, 0.5) is 0 Å². The summed E-state index contributed by atoms with van der Waals surface area (Å²) in [5, 5.41) is 6.94. The Labute approximate surface area is 76.5 Å².